The molecule has 0 bridgehead atoms. The molecule has 0 aliphatic rings. The second-order valence-corrected chi connectivity index (χ2v) is 4.10. The van der Waals surface area contributed by atoms with Crippen LogP contribution in [0.15, 0.2) is 41.5 Å². The molecule has 2 aromatic carbocycles. The third-order valence-corrected chi connectivity index (χ3v) is 2.76. The largest absolute Gasteiger partial charge is 0.497 e. The summed E-state index contributed by atoms with van der Waals surface area (Å²) in [4.78, 5) is 0. The van der Waals surface area contributed by atoms with Crippen LogP contribution in [0.25, 0.3) is 0 Å². The third-order valence-electron chi connectivity index (χ3n) is 2.76. The van der Waals surface area contributed by atoms with Gasteiger partial charge in [-0.25, -0.2) is 8.78 Å². The molecule has 0 aliphatic heterocycles. The fourth-order valence-corrected chi connectivity index (χ4v) is 1.68. The summed E-state index contributed by atoms with van der Waals surface area (Å²) in [6.07, 6.45) is 1.47. The lowest BCUT2D eigenvalue weighted by Gasteiger charge is -2.07. The topological polar surface area (TPSA) is 42.8 Å². The molecule has 110 valence electrons. The highest BCUT2D eigenvalue weighted by atomic mass is 19.1. The Morgan fingerprint density at radius 3 is 2.52 bits per heavy atom. The Hall–Kier alpha value is -2.63. The van der Waals surface area contributed by atoms with Crippen molar-refractivity contribution in [2.24, 2.45) is 5.10 Å². The summed E-state index contributed by atoms with van der Waals surface area (Å²) < 4.78 is 36.5. The van der Waals surface area contributed by atoms with Gasteiger partial charge in [0.1, 0.15) is 17.3 Å². The summed E-state index contributed by atoms with van der Waals surface area (Å²) in [6.45, 7) is 0. The minimum Gasteiger partial charge on any atom is -0.497 e. The van der Waals surface area contributed by atoms with Crippen molar-refractivity contribution in [1.29, 1.82) is 0 Å². The van der Waals surface area contributed by atoms with Crippen molar-refractivity contribution in [3.8, 4) is 11.5 Å². The molecule has 0 fully saturated rings. The number of hydrogen-bond donors (Lipinski definition) is 1. The summed E-state index contributed by atoms with van der Waals surface area (Å²) in [5, 5.41) is 3.91. The lowest BCUT2D eigenvalue weighted by Crippen LogP contribution is -1.96. The van der Waals surface area contributed by atoms with Gasteiger partial charge in [0.25, 0.3) is 0 Å². The van der Waals surface area contributed by atoms with Crippen LogP contribution in [0.3, 0.4) is 0 Å². The summed E-state index contributed by atoms with van der Waals surface area (Å²) in [7, 11) is 3.08. The molecule has 2 aromatic rings. The van der Waals surface area contributed by atoms with E-state index in [0.717, 1.165) is 12.1 Å². The average molecular weight is 292 g/mol. The highest BCUT2D eigenvalue weighted by Gasteiger charge is 2.04. The smallest absolute Gasteiger partial charge is 0.151 e. The fraction of sp³-hybridized carbons (Fsp3) is 0.133. The van der Waals surface area contributed by atoms with Crippen LogP contribution >= 0.6 is 0 Å². The number of methoxy groups -OCH3 is 2. The molecule has 21 heavy (non-hydrogen) atoms. The zero-order chi connectivity index (χ0) is 15.2. The Balaban J connectivity index is 2.14. The van der Waals surface area contributed by atoms with Crippen LogP contribution in [0.2, 0.25) is 0 Å². The Morgan fingerprint density at radius 1 is 1.05 bits per heavy atom. The van der Waals surface area contributed by atoms with Gasteiger partial charge < -0.3 is 9.47 Å². The van der Waals surface area contributed by atoms with Crippen LogP contribution in [0.4, 0.5) is 14.5 Å². The van der Waals surface area contributed by atoms with Gasteiger partial charge in [-0.2, -0.15) is 5.10 Å². The molecular weight excluding hydrogens is 278 g/mol. The summed E-state index contributed by atoms with van der Waals surface area (Å²) >= 11 is 0. The number of rotatable bonds is 5. The van der Waals surface area contributed by atoms with Gasteiger partial charge in [-0.05, 0) is 24.3 Å². The lowest BCUT2D eigenvalue weighted by molar-refractivity contribution is 0.394. The number of nitrogens with one attached hydrogen (secondary N) is 1. The Kier molecular flexibility index (Phi) is 4.71. The van der Waals surface area contributed by atoms with E-state index < -0.39 is 11.6 Å². The highest BCUT2D eigenvalue weighted by Crippen LogP contribution is 2.23. The van der Waals surface area contributed by atoms with Crippen LogP contribution in [0.1, 0.15) is 5.56 Å². The van der Waals surface area contributed by atoms with E-state index in [4.69, 9.17) is 9.47 Å². The maximum Gasteiger partial charge on any atom is 0.151 e. The molecular formula is C15H14F2N2O2. The van der Waals surface area contributed by atoms with E-state index in [1.54, 1.807) is 25.3 Å². The number of nitrogens with zero attached hydrogens (tertiary/aromatic N) is 1. The number of benzene rings is 2. The first-order chi connectivity index (χ1) is 10.1. The molecule has 0 saturated heterocycles. The number of hydrogen-bond acceptors (Lipinski definition) is 4. The normalized spacial score (nSPS) is 10.7. The monoisotopic (exact) mass is 292 g/mol. The molecule has 0 atom stereocenters. The summed E-state index contributed by atoms with van der Waals surface area (Å²) in [5.74, 6) is -0.131. The Labute approximate surface area is 121 Å². The molecule has 0 radical (unpaired) electrons. The van der Waals surface area contributed by atoms with Crippen LogP contribution in [0.5, 0.6) is 11.5 Å². The zero-order valence-electron chi connectivity index (χ0n) is 11.6. The molecule has 0 spiro atoms. The van der Waals surface area contributed by atoms with Crippen LogP contribution < -0.4 is 14.9 Å². The predicted octanol–water partition coefficient (Wildman–Crippen LogP) is 3.43. The van der Waals surface area contributed by atoms with Gasteiger partial charge in [0.05, 0.1) is 26.1 Å². The lowest BCUT2D eigenvalue weighted by atomic mass is 10.2. The number of hydrazone groups is 1. The van der Waals surface area contributed by atoms with Gasteiger partial charge >= 0.3 is 0 Å². The Bertz CT molecular complexity index is 660. The van der Waals surface area contributed by atoms with E-state index in [1.165, 1.54) is 19.4 Å². The van der Waals surface area contributed by atoms with E-state index in [2.05, 4.69) is 10.5 Å². The molecule has 1 N–H and O–H groups in total. The van der Waals surface area contributed by atoms with Crippen molar-refractivity contribution >= 4 is 11.9 Å². The van der Waals surface area contributed by atoms with Crippen LogP contribution in [0, 0.1) is 11.6 Å². The standard InChI is InChI=1S/C15H14F2N2O2/c1-20-12-5-3-10(15(8-12)21-2)9-18-19-14-6-4-11(16)7-13(14)17/h3-9,19H,1-2H3/b18-9-. The molecule has 0 amide bonds. The van der Waals surface area contributed by atoms with Gasteiger partial charge in [-0.3, -0.25) is 5.43 Å². The molecule has 0 aromatic heterocycles. The van der Waals surface area contributed by atoms with Crippen molar-refractivity contribution in [3.05, 3.63) is 53.6 Å². The third kappa shape index (κ3) is 3.68. The van der Waals surface area contributed by atoms with E-state index in [-0.39, 0.29) is 5.69 Å². The van der Waals surface area contributed by atoms with E-state index in [9.17, 15) is 8.78 Å². The van der Waals surface area contributed by atoms with Crippen molar-refractivity contribution in [2.45, 2.75) is 0 Å². The van der Waals surface area contributed by atoms with Gasteiger partial charge in [0.2, 0.25) is 0 Å². The number of anilines is 1. The summed E-state index contributed by atoms with van der Waals surface area (Å²) in [5.41, 5.74) is 3.28. The number of halogens is 2. The van der Waals surface area contributed by atoms with E-state index in [1.807, 2.05) is 0 Å². The Morgan fingerprint density at radius 2 is 1.86 bits per heavy atom. The van der Waals surface area contributed by atoms with Crippen LogP contribution in [-0.2, 0) is 0 Å². The van der Waals surface area contributed by atoms with Gasteiger partial charge in [0, 0.05) is 17.7 Å². The highest BCUT2D eigenvalue weighted by molar-refractivity contribution is 5.84. The summed E-state index contributed by atoms with van der Waals surface area (Å²) in [6, 6.07) is 8.42. The fourth-order valence-electron chi connectivity index (χ4n) is 1.68. The molecule has 0 aliphatic carbocycles. The first-order valence-corrected chi connectivity index (χ1v) is 6.10. The zero-order valence-corrected chi connectivity index (χ0v) is 11.6. The minimum atomic E-state index is -0.714. The van der Waals surface area contributed by atoms with Crippen molar-refractivity contribution in [3.63, 3.8) is 0 Å². The maximum atomic E-state index is 13.4. The molecule has 0 saturated carbocycles. The van der Waals surface area contributed by atoms with Crippen molar-refractivity contribution < 1.29 is 18.3 Å². The van der Waals surface area contributed by atoms with Gasteiger partial charge in [-0.1, -0.05) is 0 Å². The first kappa shape index (κ1) is 14.8. The van der Waals surface area contributed by atoms with Crippen molar-refractivity contribution in [2.75, 3.05) is 19.6 Å². The maximum absolute atomic E-state index is 13.4. The molecule has 0 unspecified atom stereocenters. The molecule has 2 rings (SSSR count). The minimum absolute atomic E-state index is 0.0835. The van der Waals surface area contributed by atoms with Crippen molar-refractivity contribution in [1.82, 2.24) is 0 Å². The second kappa shape index (κ2) is 6.69. The molecule has 0 heterocycles. The molecule has 6 heteroatoms. The quantitative estimate of drug-likeness (QED) is 0.678. The van der Waals surface area contributed by atoms with Gasteiger partial charge in [-0.15, -0.1) is 0 Å². The van der Waals surface area contributed by atoms with Crippen LogP contribution in [-0.4, -0.2) is 20.4 Å². The van der Waals surface area contributed by atoms with E-state index >= 15 is 0 Å². The second-order valence-electron chi connectivity index (χ2n) is 4.10. The molecule has 4 nitrogen and oxygen atoms in total. The number of ether oxygens (including phenoxy) is 2. The SMILES string of the molecule is COc1ccc(/C=N\Nc2ccc(F)cc2F)c(OC)c1. The predicted molar refractivity (Wildman–Crippen MR) is 77.1 cm³/mol. The average Bonchev–Trinajstić information content (AvgIpc) is 2.49. The first-order valence-electron chi connectivity index (χ1n) is 6.10. The van der Waals surface area contributed by atoms with E-state index in [0.29, 0.717) is 17.1 Å². The van der Waals surface area contributed by atoms with Gasteiger partial charge in [0.15, 0.2) is 5.82 Å².